The Bertz CT molecular complexity index is 1840. The maximum Gasteiger partial charge on any atom is 0.127 e. The first-order valence-electron chi connectivity index (χ1n) is 19.0. The number of benzene rings is 4. The molecule has 0 saturated heterocycles. The van der Waals surface area contributed by atoms with Crippen LogP contribution in [0.2, 0.25) is 0 Å². The highest BCUT2D eigenvalue weighted by molar-refractivity contribution is 8.03. The van der Waals surface area contributed by atoms with Gasteiger partial charge in [-0.1, -0.05) is 126 Å². The lowest BCUT2D eigenvalue weighted by Crippen LogP contribution is -2.22. The summed E-state index contributed by atoms with van der Waals surface area (Å²) in [6.07, 6.45) is 7.46. The minimum Gasteiger partial charge on any atom is -0.507 e. The molecule has 4 aromatic carbocycles. The summed E-state index contributed by atoms with van der Waals surface area (Å²) in [5.41, 5.74) is 14.8. The Morgan fingerprint density at radius 2 is 0.980 bits per heavy atom. The summed E-state index contributed by atoms with van der Waals surface area (Å²) in [4.78, 5) is 0. The predicted molar refractivity (Wildman–Crippen MR) is 226 cm³/mol. The predicted octanol–water partition coefficient (Wildman–Crippen LogP) is 13.8. The van der Waals surface area contributed by atoms with E-state index in [0.29, 0.717) is 22.0 Å². The number of thioether (sulfide) groups is 2. The molecular weight excluding hydrogens is 661 g/mol. The smallest absolute Gasteiger partial charge is 0.127 e. The quantitative estimate of drug-likeness (QED) is 0.190. The standard InChI is InChI=1S/C47H62O2S2/c1-29-18-30(2)21-34(20-29)40-25-37(46(6,7)8)23-35(44(40)48)27-50-42-16-14-12-13-15-17-43(42)51-28-36-24-38(47(9,10)11)26-41(45(36)49)39-22-31(3)19-32(4)33(39)5/h18-26,42-43,48-49H,12-17,27-28H2,1-11H3. The van der Waals surface area contributed by atoms with Gasteiger partial charge in [0.25, 0.3) is 0 Å². The molecule has 2 atom stereocenters. The fraction of sp³-hybridized carbons (Fsp3) is 0.489. The maximum absolute atomic E-state index is 11.9. The fourth-order valence-electron chi connectivity index (χ4n) is 7.54. The molecule has 4 aromatic rings. The van der Waals surface area contributed by atoms with Crippen molar-refractivity contribution in [3.8, 4) is 33.8 Å². The van der Waals surface area contributed by atoms with E-state index in [1.165, 1.54) is 77.5 Å². The second-order valence-electron chi connectivity index (χ2n) is 17.4. The van der Waals surface area contributed by atoms with E-state index in [1.807, 2.05) is 23.5 Å². The first kappa shape index (κ1) is 39.4. The van der Waals surface area contributed by atoms with E-state index < -0.39 is 0 Å². The minimum absolute atomic E-state index is 0.0303. The van der Waals surface area contributed by atoms with E-state index in [4.69, 9.17) is 0 Å². The van der Waals surface area contributed by atoms with Crippen molar-refractivity contribution in [3.63, 3.8) is 0 Å². The molecule has 5 rings (SSSR count). The van der Waals surface area contributed by atoms with Crippen LogP contribution in [-0.4, -0.2) is 20.7 Å². The zero-order chi connectivity index (χ0) is 37.2. The van der Waals surface area contributed by atoms with Crippen LogP contribution in [0.4, 0.5) is 0 Å². The van der Waals surface area contributed by atoms with E-state index >= 15 is 0 Å². The fourth-order valence-corrected chi connectivity index (χ4v) is 10.6. The molecule has 4 heteroatoms. The average Bonchev–Trinajstić information content (AvgIpc) is 3.01. The molecule has 0 amide bonds. The number of hydrogen-bond acceptors (Lipinski definition) is 4. The third kappa shape index (κ3) is 9.60. The van der Waals surface area contributed by atoms with Crippen LogP contribution in [0.5, 0.6) is 11.5 Å². The molecule has 0 heterocycles. The lowest BCUT2D eigenvalue weighted by Gasteiger charge is -2.30. The van der Waals surface area contributed by atoms with Crippen LogP contribution in [0.15, 0.2) is 54.6 Å². The molecule has 274 valence electrons. The first-order chi connectivity index (χ1) is 23.9. The summed E-state index contributed by atoms with van der Waals surface area (Å²) in [5.74, 6) is 2.43. The van der Waals surface area contributed by atoms with Crippen molar-refractivity contribution in [2.75, 3.05) is 0 Å². The van der Waals surface area contributed by atoms with Crippen LogP contribution in [0.3, 0.4) is 0 Å². The topological polar surface area (TPSA) is 40.5 Å². The molecule has 0 aliphatic heterocycles. The van der Waals surface area contributed by atoms with Crippen LogP contribution in [0.1, 0.15) is 130 Å². The average molecular weight is 723 g/mol. The number of phenolic OH excluding ortho intramolecular Hbond substituents is 2. The number of hydrogen-bond donors (Lipinski definition) is 2. The van der Waals surface area contributed by atoms with E-state index in [9.17, 15) is 10.2 Å². The van der Waals surface area contributed by atoms with Crippen LogP contribution in [-0.2, 0) is 22.3 Å². The molecule has 1 aliphatic rings. The Morgan fingerprint density at radius 3 is 1.47 bits per heavy atom. The highest BCUT2D eigenvalue weighted by atomic mass is 32.2. The summed E-state index contributed by atoms with van der Waals surface area (Å²) in [7, 11) is 0. The lowest BCUT2D eigenvalue weighted by atomic mass is 9.83. The largest absolute Gasteiger partial charge is 0.507 e. The monoisotopic (exact) mass is 722 g/mol. The normalized spacial score (nSPS) is 17.3. The number of rotatable bonds is 8. The van der Waals surface area contributed by atoms with Gasteiger partial charge in [-0.2, -0.15) is 23.5 Å². The maximum atomic E-state index is 11.9. The van der Waals surface area contributed by atoms with E-state index in [0.717, 1.165) is 44.9 Å². The van der Waals surface area contributed by atoms with E-state index in [-0.39, 0.29) is 10.8 Å². The van der Waals surface area contributed by atoms with E-state index in [2.05, 4.69) is 131 Å². The van der Waals surface area contributed by atoms with Gasteiger partial charge in [0.05, 0.1) is 0 Å². The minimum atomic E-state index is -0.0349. The van der Waals surface area contributed by atoms with Crippen molar-refractivity contribution in [2.24, 2.45) is 0 Å². The van der Waals surface area contributed by atoms with Crippen LogP contribution < -0.4 is 0 Å². The van der Waals surface area contributed by atoms with Gasteiger partial charge in [0.2, 0.25) is 0 Å². The van der Waals surface area contributed by atoms with Gasteiger partial charge in [-0.05, 0) is 104 Å². The van der Waals surface area contributed by atoms with Crippen molar-refractivity contribution in [1.29, 1.82) is 0 Å². The van der Waals surface area contributed by atoms with Gasteiger partial charge in [-0.15, -0.1) is 0 Å². The lowest BCUT2D eigenvalue weighted by molar-refractivity contribution is 0.470. The molecule has 2 unspecified atom stereocenters. The third-order valence-corrected chi connectivity index (χ3v) is 13.9. The van der Waals surface area contributed by atoms with Gasteiger partial charge in [0.1, 0.15) is 11.5 Å². The zero-order valence-electron chi connectivity index (χ0n) is 33.2. The molecule has 2 N–H and O–H groups in total. The van der Waals surface area contributed by atoms with Crippen molar-refractivity contribution in [3.05, 3.63) is 105 Å². The molecule has 1 aliphatic carbocycles. The van der Waals surface area contributed by atoms with Gasteiger partial charge in [-0.25, -0.2) is 0 Å². The van der Waals surface area contributed by atoms with Crippen molar-refractivity contribution in [1.82, 2.24) is 0 Å². The van der Waals surface area contributed by atoms with Gasteiger partial charge < -0.3 is 10.2 Å². The molecule has 51 heavy (non-hydrogen) atoms. The molecule has 0 radical (unpaired) electrons. The van der Waals surface area contributed by atoms with Crippen LogP contribution in [0, 0.1) is 34.6 Å². The highest BCUT2D eigenvalue weighted by Crippen LogP contribution is 2.45. The summed E-state index contributed by atoms with van der Waals surface area (Å²) in [5, 5.41) is 24.7. The molecule has 0 spiro atoms. The second-order valence-corrected chi connectivity index (χ2v) is 19.8. The summed E-state index contributed by atoms with van der Waals surface area (Å²) in [6, 6.07) is 20.0. The summed E-state index contributed by atoms with van der Waals surface area (Å²) in [6.45, 7) is 24.4. The van der Waals surface area contributed by atoms with Gasteiger partial charge in [0, 0.05) is 44.3 Å². The Kier molecular flexibility index (Phi) is 12.4. The molecule has 2 nitrogen and oxygen atoms in total. The molecule has 1 saturated carbocycles. The van der Waals surface area contributed by atoms with E-state index in [1.54, 1.807) is 0 Å². The van der Waals surface area contributed by atoms with Crippen molar-refractivity contribution >= 4 is 23.5 Å². The van der Waals surface area contributed by atoms with Gasteiger partial charge >= 0.3 is 0 Å². The molecular formula is C47H62O2S2. The molecule has 0 bridgehead atoms. The Labute approximate surface area is 318 Å². The molecule has 1 fully saturated rings. The summed E-state index contributed by atoms with van der Waals surface area (Å²) < 4.78 is 0. The van der Waals surface area contributed by atoms with Crippen LogP contribution in [0.25, 0.3) is 22.3 Å². The SMILES string of the molecule is Cc1cc(C)cc(-c2cc(C(C)(C)C)cc(CSC3CCCCCCC3SCc3cc(C(C)(C)C)cc(-c4cc(C)cc(C)c4C)c3O)c2O)c1. The number of aryl methyl sites for hydroxylation is 4. The highest BCUT2D eigenvalue weighted by Gasteiger charge is 2.27. The Hall–Kier alpha value is -2.82. The zero-order valence-corrected chi connectivity index (χ0v) is 34.9. The Balaban J connectivity index is 1.45. The van der Waals surface area contributed by atoms with Gasteiger partial charge in [0.15, 0.2) is 0 Å². The molecule has 0 aromatic heterocycles. The number of aromatic hydroxyl groups is 2. The van der Waals surface area contributed by atoms with Crippen molar-refractivity contribution in [2.45, 2.75) is 148 Å². The summed E-state index contributed by atoms with van der Waals surface area (Å²) >= 11 is 4.07. The third-order valence-electron chi connectivity index (χ3n) is 10.8. The van der Waals surface area contributed by atoms with Gasteiger partial charge in [-0.3, -0.25) is 0 Å². The van der Waals surface area contributed by atoms with Crippen molar-refractivity contribution < 1.29 is 10.2 Å². The first-order valence-corrected chi connectivity index (χ1v) is 21.1. The second kappa shape index (κ2) is 16.0. The Morgan fingerprint density at radius 1 is 0.529 bits per heavy atom. The number of phenols is 2. The van der Waals surface area contributed by atoms with Crippen LogP contribution >= 0.6 is 23.5 Å².